The molecule has 6 nitrogen and oxygen atoms in total. The summed E-state index contributed by atoms with van der Waals surface area (Å²) in [5, 5.41) is 14.1. The molecule has 0 spiro atoms. The lowest BCUT2D eigenvalue weighted by atomic mass is 9.98. The minimum absolute atomic E-state index is 0.611. The number of para-hydroxylation sites is 1. The highest BCUT2D eigenvalue weighted by Gasteiger charge is 2.16. The summed E-state index contributed by atoms with van der Waals surface area (Å²) in [5.74, 6) is 1.86. The molecule has 2 heterocycles. The summed E-state index contributed by atoms with van der Waals surface area (Å²) in [7, 11) is 0. The highest BCUT2D eigenvalue weighted by atomic mass is 15.5. The monoisotopic (exact) mass is 602 g/mol. The molecule has 220 valence electrons. The maximum absolute atomic E-state index is 5.04. The van der Waals surface area contributed by atoms with Gasteiger partial charge in [-0.05, 0) is 51.6 Å². The van der Waals surface area contributed by atoms with Crippen molar-refractivity contribution in [2.75, 3.05) is 0 Å². The van der Waals surface area contributed by atoms with Crippen LogP contribution in [0.25, 0.3) is 83.6 Å². The molecule has 0 radical (unpaired) electrons. The summed E-state index contributed by atoms with van der Waals surface area (Å²) in [6.07, 6.45) is 0. The normalized spacial score (nSPS) is 11.4. The van der Waals surface area contributed by atoms with Gasteiger partial charge in [0.1, 0.15) is 11.0 Å². The molecule has 9 rings (SSSR count). The zero-order valence-corrected chi connectivity index (χ0v) is 25.2. The number of benzene rings is 7. The molecule has 0 bridgehead atoms. The van der Waals surface area contributed by atoms with Gasteiger partial charge in [0.05, 0.1) is 5.69 Å². The van der Waals surface area contributed by atoms with Crippen LogP contribution in [0.2, 0.25) is 0 Å². The summed E-state index contributed by atoms with van der Waals surface area (Å²) in [6.45, 7) is 0. The van der Waals surface area contributed by atoms with E-state index in [1.54, 1.807) is 4.80 Å². The van der Waals surface area contributed by atoms with Gasteiger partial charge in [-0.25, -0.2) is 15.0 Å². The fourth-order valence-electron chi connectivity index (χ4n) is 6.13. The molecule has 0 saturated heterocycles. The molecule has 0 aliphatic heterocycles. The van der Waals surface area contributed by atoms with Crippen LogP contribution in [-0.2, 0) is 0 Å². The Kier molecular flexibility index (Phi) is 6.35. The molecule has 2 aromatic heterocycles. The first-order valence-electron chi connectivity index (χ1n) is 15.5. The predicted octanol–water partition coefficient (Wildman–Crippen LogP) is 9.58. The summed E-state index contributed by atoms with van der Waals surface area (Å²) < 4.78 is 0. The molecule has 0 fully saturated rings. The molecular formula is C41H26N6. The van der Waals surface area contributed by atoms with Crippen LogP contribution in [0.3, 0.4) is 0 Å². The number of fused-ring (bicyclic) bond motifs is 5. The zero-order valence-electron chi connectivity index (χ0n) is 25.2. The van der Waals surface area contributed by atoms with Gasteiger partial charge in [-0.15, -0.1) is 10.2 Å². The van der Waals surface area contributed by atoms with E-state index in [-0.39, 0.29) is 0 Å². The number of nitrogens with zero attached hydrogens (tertiary/aromatic N) is 6. The molecule has 0 atom stereocenters. The number of aromatic nitrogens is 6. The quantitative estimate of drug-likeness (QED) is 0.184. The number of rotatable bonds is 5. The van der Waals surface area contributed by atoms with Crippen molar-refractivity contribution in [1.82, 2.24) is 29.9 Å². The predicted molar refractivity (Wildman–Crippen MR) is 189 cm³/mol. The average molecular weight is 603 g/mol. The Balaban J connectivity index is 1.22. The minimum Gasteiger partial charge on any atom is -0.208 e. The van der Waals surface area contributed by atoms with Crippen LogP contribution in [0.5, 0.6) is 0 Å². The van der Waals surface area contributed by atoms with Gasteiger partial charge in [-0.3, -0.25) is 0 Å². The molecule has 0 saturated carbocycles. The first-order chi connectivity index (χ1) is 23.3. The topological polar surface area (TPSA) is 69.4 Å². The molecule has 7 aromatic carbocycles. The van der Waals surface area contributed by atoms with Crippen LogP contribution < -0.4 is 0 Å². The van der Waals surface area contributed by atoms with E-state index in [0.717, 1.165) is 60.5 Å². The molecule has 0 aliphatic carbocycles. The average Bonchev–Trinajstić information content (AvgIpc) is 3.60. The molecule has 0 amide bonds. The van der Waals surface area contributed by atoms with E-state index in [0.29, 0.717) is 17.5 Å². The first kappa shape index (κ1) is 26.8. The summed E-state index contributed by atoms with van der Waals surface area (Å²) >= 11 is 0. The van der Waals surface area contributed by atoms with Crippen LogP contribution in [0.1, 0.15) is 0 Å². The van der Waals surface area contributed by atoms with Crippen LogP contribution in [0, 0.1) is 0 Å². The van der Waals surface area contributed by atoms with Crippen LogP contribution in [0.4, 0.5) is 0 Å². The van der Waals surface area contributed by atoms with Crippen molar-refractivity contribution in [2.24, 2.45) is 0 Å². The molecule has 0 N–H and O–H groups in total. The van der Waals surface area contributed by atoms with Gasteiger partial charge in [0, 0.05) is 22.1 Å². The molecule has 9 aromatic rings. The smallest absolute Gasteiger partial charge is 0.164 e. The van der Waals surface area contributed by atoms with Crippen molar-refractivity contribution >= 4 is 32.6 Å². The van der Waals surface area contributed by atoms with Crippen molar-refractivity contribution in [1.29, 1.82) is 0 Å². The lowest BCUT2D eigenvalue weighted by Gasteiger charge is -2.10. The van der Waals surface area contributed by atoms with Gasteiger partial charge in [0.25, 0.3) is 0 Å². The minimum atomic E-state index is 0.611. The maximum Gasteiger partial charge on any atom is 0.164 e. The second-order valence-electron chi connectivity index (χ2n) is 11.5. The Morgan fingerprint density at radius 1 is 0.383 bits per heavy atom. The van der Waals surface area contributed by atoms with Crippen molar-refractivity contribution in [3.63, 3.8) is 0 Å². The second-order valence-corrected chi connectivity index (χ2v) is 11.5. The molecule has 6 heteroatoms. The van der Waals surface area contributed by atoms with Crippen LogP contribution in [0.15, 0.2) is 158 Å². The maximum atomic E-state index is 5.04. The fourth-order valence-corrected chi connectivity index (χ4v) is 6.13. The third kappa shape index (κ3) is 4.89. The standard InChI is InChI=1S/C41H26N6/c1-4-10-27(11-5-1)28-16-21-32(22-17-28)40-42-39(31-12-6-2-7-13-31)43-41(44-40)33-23-19-29-18-20-30-24-25-36-38(37(30)35(29)26-33)46-47(45-36)34-14-8-3-9-15-34/h1-26H. The van der Waals surface area contributed by atoms with Crippen molar-refractivity contribution in [3.8, 4) is 51.0 Å². The molecule has 0 unspecified atom stereocenters. The second kappa shape index (κ2) is 11.1. The lowest BCUT2D eigenvalue weighted by molar-refractivity contribution is 0.766. The van der Waals surface area contributed by atoms with E-state index in [1.807, 2.05) is 72.8 Å². The number of hydrogen-bond donors (Lipinski definition) is 0. The Morgan fingerprint density at radius 3 is 1.57 bits per heavy atom. The van der Waals surface area contributed by atoms with E-state index >= 15 is 0 Å². The summed E-state index contributed by atoms with van der Waals surface area (Å²) in [6, 6.07) is 53.6. The van der Waals surface area contributed by atoms with Crippen molar-refractivity contribution in [3.05, 3.63) is 158 Å². The first-order valence-corrected chi connectivity index (χ1v) is 15.5. The van der Waals surface area contributed by atoms with E-state index < -0.39 is 0 Å². The van der Waals surface area contributed by atoms with Gasteiger partial charge in [0.15, 0.2) is 17.5 Å². The van der Waals surface area contributed by atoms with E-state index in [9.17, 15) is 0 Å². The Morgan fingerprint density at radius 2 is 0.872 bits per heavy atom. The molecule has 47 heavy (non-hydrogen) atoms. The number of hydrogen-bond acceptors (Lipinski definition) is 5. The van der Waals surface area contributed by atoms with Crippen molar-refractivity contribution < 1.29 is 0 Å². The SMILES string of the molecule is c1ccc(-c2ccc(-c3nc(-c4ccccc4)nc(-c4ccc5ccc6ccc7nn(-c8ccccc8)nc7c6c5c4)n3)cc2)cc1. The molecular weight excluding hydrogens is 576 g/mol. The highest BCUT2D eigenvalue weighted by molar-refractivity contribution is 6.18. The van der Waals surface area contributed by atoms with Gasteiger partial charge in [0.2, 0.25) is 0 Å². The van der Waals surface area contributed by atoms with Crippen LogP contribution in [-0.4, -0.2) is 29.9 Å². The van der Waals surface area contributed by atoms with Crippen LogP contribution >= 0.6 is 0 Å². The van der Waals surface area contributed by atoms with E-state index in [4.69, 9.17) is 25.1 Å². The fraction of sp³-hybridized carbons (Fsp3) is 0. The van der Waals surface area contributed by atoms with Gasteiger partial charge < -0.3 is 0 Å². The largest absolute Gasteiger partial charge is 0.208 e. The highest BCUT2D eigenvalue weighted by Crippen LogP contribution is 2.34. The summed E-state index contributed by atoms with van der Waals surface area (Å²) in [4.78, 5) is 16.7. The Hall–Kier alpha value is -6.53. The summed E-state index contributed by atoms with van der Waals surface area (Å²) in [5.41, 5.74) is 7.69. The third-order valence-corrected chi connectivity index (χ3v) is 8.51. The Labute approximate surface area is 270 Å². The van der Waals surface area contributed by atoms with Gasteiger partial charge in [-0.2, -0.15) is 4.80 Å². The van der Waals surface area contributed by atoms with Gasteiger partial charge in [-0.1, -0.05) is 133 Å². The zero-order chi connectivity index (χ0) is 31.2. The van der Waals surface area contributed by atoms with E-state index in [1.165, 1.54) is 5.56 Å². The van der Waals surface area contributed by atoms with Gasteiger partial charge >= 0.3 is 0 Å². The molecule has 0 aliphatic rings. The lowest BCUT2D eigenvalue weighted by Crippen LogP contribution is -2.00. The van der Waals surface area contributed by atoms with Crippen molar-refractivity contribution in [2.45, 2.75) is 0 Å². The third-order valence-electron chi connectivity index (χ3n) is 8.51. The van der Waals surface area contributed by atoms with E-state index in [2.05, 4.69) is 84.9 Å². The Bertz CT molecular complexity index is 2540.